The van der Waals surface area contributed by atoms with Crippen molar-refractivity contribution in [3.8, 4) is 5.75 Å². The van der Waals surface area contributed by atoms with Crippen LogP contribution in [0.1, 0.15) is 35.4 Å². The van der Waals surface area contributed by atoms with Gasteiger partial charge >= 0.3 is 0 Å². The normalized spacial score (nSPS) is 16.2. The molecule has 0 bridgehead atoms. The van der Waals surface area contributed by atoms with Crippen molar-refractivity contribution >= 4 is 5.91 Å². The van der Waals surface area contributed by atoms with E-state index in [1.807, 2.05) is 24.3 Å². The zero-order chi connectivity index (χ0) is 14.0. The van der Waals surface area contributed by atoms with Crippen molar-refractivity contribution < 1.29 is 13.9 Å². The number of benzene rings is 1. The predicted octanol–water partition coefficient (Wildman–Crippen LogP) is 3.10. The Morgan fingerprint density at radius 2 is 2.00 bits per heavy atom. The fraction of sp³-hybridized carbons (Fsp3) is 0.312. The van der Waals surface area contributed by atoms with Gasteiger partial charge in [0.15, 0.2) is 5.76 Å². The molecule has 0 unspecified atom stereocenters. The van der Waals surface area contributed by atoms with Crippen molar-refractivity contribution in [2.45, 2.75) is 24.8 Å². The molecule has 1 heterocycles. The van der Waals surface area contributed by atoms with Crippen LogP contribution in [0.5, 0.6) is 5.75 Å². The molecule has 0 aliphatic heterocycles. The van der Waals surface area contributed by atoms with Gasteiger partial charge in [-0.3, -0.25) is 4.79 Å². The number of ether oxygens (including phenoxy) is 1. The molecule has 2 aromatic rings. The summed E-state index contributed by atoms with van der Waals surface area (Å²) in [4.78, 5) is 12.2. The summed E-state index contributed by atoms with van der Waals surface area (Å²) in [6, 6.07) is 11.3. The maximum atomic E-state index is 12.2. The van der Waals surface area contributed by atoms with E-state index in [0.717, 1.165) is 30.6 Å². The summed E-state index contributed by atoms with van der Waals surface area (Å²) in [5.74, 6) is 1.01. The molecule has 1 aliphatic rings. The van der Waals surface area contributed by atoms with Crippen LogP contribution in [-0.2, 0) is 5.54 Å². The van der Waals surface area contributed by atoms with E-state index in [1.165, 1.54) is 6.26 Å². The molecule has 1 amide bonds. The number of amides is 1. The number of hydrogen-bond donors (Lipinski definition) is 1. The van der Waals surface area contributed by atoms with Crippen LogP contribution in [0.4, 0.5) is 0 Å². The van der Waals surface area contributed by atoms with Crippen LogP contribution >= 0.6 is 0 Å². The minimum atomic E-state index is -0.268. The SMILES string of the molecule is COc1ccc(C2(NC(=O)c3ccco3)CCC2)cc1. The van der Waals surface area contributed by atoms with Crippen molar-refractivity contribution in [2.24, 2.45) is 0 Å². The molecular formula is C16H17NO3. The standard InChI is InChI=1S/C16H17NO3/c1-19-13-7-5-12(6-8-13)16(9-3-10-16)17-15(18)14-4-2-11-20-14/h2,4-8,11H,3,9-10H2,1H3,(H,17,18). The summed E-state index contributed by atoms with van der Waals surface area (Å²) < 4.78 is 10.3. The average molecular weight is 271 g/mol. The van der Waals surface area contributed by atoms with Crippen LogP contribution in [0.3, 0.4) is 0 Å². The molecule has 4 nitrogen and oxygen atoms in total. The molecule has 3 rings (SSSR count). The Hall–Kier alpha value is -2.23. The molecule has 0 atom stereocenters. The first-order chi connectivity index (χ1) is 9.73. The predicted molar refractivity (Wildman–Crippen MR) is 74.7 cm³/mol. The van der Waals surface area contributed by atoms with E-state index in [2.05, 4.69) is 5.32 Å². The Balaban J connectivity index is 1.81. The summed E-state index contributed by atoms with van der Waals surface area (Å²) in [5, 5.41) is 3.11. The third kappa shape index (κ3) is 2.18. The molecule has 0 spiro atoms. The molecule has 0 saturated heterocycles. The first kappa shape index (κ1) is 12.8. The molecule has 0 radical (unpaired) electrons. The topological polar surface area (TPSA) is 51.5 Å². The molecule has 1 fully saturated rings. The van der Waals surface area contributed by atoms with E-state index in [9.17, 15) is 4.79 Å². The highest BCUT2D eigenvalue weighted by Gasteiger charge is 2.40. The fourth-order valence-electron chi connectivity index (χ4n) is 2.61. The van der Waals surface area contributed by atoms with Crippen LogP contribution in [0.25, 0.3) is 0 Å². The number of nitrogens with one attached hydrogen (secondary N) is 1. The lowest BCUT2D eigenvalue weighted by Gasteiger charge is -2.43. The van der Waals surface area contributed by atoms with Gasteiger partial charge in [-0.15, -0.1) is 0 Å². The zero-order valence-corrected chi connectivity index (χ0v) is 11.4. The number of hydrogen-bond acceptors (Lipinski definition) is 3. The van der Waals surface area contributed by atoms with Crippen LogP contribution < -0.4 is 10.1 Å². The first-order valence-corrected chi connectivity index (χ1v) is 6.74. The van der Waals surface area contributed by atoms with Crippen molar-refractivity contribution in [1.82, 2.24) is 5.32 Å². The van der Waals surface area contributed by atoms with Gasteiger partial charge in [0, 0.05) is 0 Å². The van der Waals surface area contributed by atoms with Gasteiger partial charge in [-0.1, -0.05) is 12.1 Å². The fourth-order valence-corrected chi connectivity index (χ4v) is 2.61. The molecule has 20 heavy (non-hydrogen) atoms. The Bertz CT molecular complexity index is 583. The molecular weight excluding hydrogens is 254 g/mol. The van der Waals surface area contributed by atoms with Crippen LogP contribution in [0.15, 0.2) is 47.1 Å². The number of carbonyl (C=O) groups excluding carboxylic acids is 1. The van der Waals surface area contributed by atoms with Gasteiger partial charge in [-0.2, -0.15) is 0 Å². The van der Waals surface area contributed by atoms with Crippen LogP contribution in [0, 0.1) is 0 Å². The summed E-state index contributed by atoms with van der Waals surface area (Å²) in [6.45, 7) is 0. The van der Waals surface area contributed by atoms with Gasteiger partial charge in [0.05, 0.1) is 18.9 Å². The van der Waals surface area contributed by atoms with Crippen molar-refractivity contribution in [3.63, 3.8) is 0 Å². The monoisotopic (exact) mass is 271 g/mol. The van der Waals surface area contributed by atoms with Gasteiger partial charge in [0.2, 0.25) is 0 Å². The number of rotatable bonds is 4. The molecule has 1 aliphatic carbocycles. The quantitative estimate of drug-likeness (QED) is 0.929. The Morgan fingerprint density at radius 3 is 2.50 bits per heavy atom. The highest BCUT2D eigenvalue weighted by molar-refractivity contribution is 5.92. The van der Waals surface area contributed by atoms with E-state index >= 15 is 0 Å². The average Bonchev–Trinajstić information content (AvgIpc) is 2.97. The molecule has 1 N–H and O–H groups in total. The van der Waals surface area contributed by atoms with Gasteiger partial charge in [-0.05, 0) is 49.1 Å². The highest BCUT2D eigenvalue weighted by atomic mass is 16.5. The number of methoxy groups -OCH3 is 1. The number of carbonyl (C=O) groups is 1. The second-order valence-electron chi connectivity index (χ2n) is 5.10. The van der Waals surface area contributed by atoms with Crippen LogP contribution in [-0.4, -0.2) is 13.0 Å². The van der Waals surface area contributed by atoms with E-state index in [4.69, 9.17) is 9.15 Å². The molecule has 4 heteroatoms. The van der Waals surface area contributed by atoms with E-state index in [0.29, 0.717) is 5.76 Å². The second kappa shape index (κ2) is 5.04. The van der Waals surface area contributed by atoms with E-state index in [1.54, 1.807) is 19.2 Å². The summed E-state index contributed by atoms with van der Waals surface area (Å²) in [6.07, 6.45) is 4.53. The highest BCUT2D eigenvalue weighted by Crippen LogP contribution is 2.41. The Morgan fingerprint density at radius 1 is 1.25 bits per heavy atom. The van der Waals surface area contributed by atoms with E-state index < -0.39 is 0 Å². The Labute approximate surface area is 117 Å². The molecule has 1 aromatic heterocycles. The smallest absolute Gasteiger partial charge is 0.287 e. The maximum absolute atomic E-state index is 12.2. The summed E-state index contributed by atoms with van der Waals surface area (Å²) in [5.41, 5.74) is 0.848. The third-order valence-corrected chi connectivity index (χ3v) is 3.95. The van der Waals surface area contributed by atoms with E-state index in [-0.39, 0.29) is 11.4 Å². The minimum Gasteiger partial charge on any atom is -0.497 e. The van der Waals surface area contributed by atoms with Gasteiger partial charge in [0.25, 0.3) is 5.91 Å². The number of furan rings is 1. The Kier molecular flexibility index (Phi) is 3.22. The van der Waals surface area contributed by atoms with Gasteiger partial charge < -0.3 is 14.5 Å². The lowest BCUT2D eigenvalue weighted by Crippen LogP contribution is -2.50. The first-order valence-electron chi connectivity index (χ1n) is 6.74. The zero-order valence-electron chi connectivity index (χ0n) is 11.4. The summed E-state index contributed by atoms with van der Waals surface area (Å²) in [7, 11) is 1.65. The summed E-state index contributed by atoms with van der Waals surface area (Å²) >= 11 is 0. The molecule has 1 aromatic carbocycles. The van der Waals surface area contributed by atoms with Crippen molar-refractivity contribution in [3.05, 3.63) is 54.0 Å². The molecule has 1 saturated carbocycles. The lowest BCUT2D eigenvalue weighted by atomic mass is 9.71. The minimum absolute atomic E-state index is 0.162. The van der Waals surface area contributed by atoms with Gasteiger partial charge in [-0.25, -0.2) is 0 Å². The van der Waals surface area contributed by atoms with Crippen LogP contribution in [0.2, 0.25) is 0 Å². The van der Waals surface area contributed by atoms with Gasteiger partial charge in [0.1, 0.15) is 5.75 Å². The largest absolute Gasteiger partial charge is 0.497 e. The second-order valence-corrected chi connectivity index (χ2v) is 5.10. The van der Waals surface area contributed by atoms with Crippen molar-refractivity contribution in [1.29, 1.82) is 0 Å². The molecule has 104 valence electrons. The lowest BCUT2D eigenvalue weighted by molar-refractivity contribution is 0.0794. The maximum Gasteiger partial charge on any atom is 0.287 e. The third-order valence-electron chi connectivity index (χ3n) is 3.95. The van der Waals surface area contributed by atoms with Crippen molar-refractivity contribution in [2.75, 3.05) is 7.11 Å².